The quantitative estimate of drug-likeness (QED) is 0.710. The van der Waals surface area contributed by atoms with Gasteiger partial charge < -0.3 is 4.74 Å². The van der Waals surface area contributed by atoms with E-state index < -0.39 is 0 Å². The van der Waals surface area contributed by atoms with Gasteiger partial charge in [0.05, 0.1) is 7.11 Å². The van der Waals surface area contributed by atoms with Crippen LogP contribution in [-0.2, 0) is 0 Å². The second-order valence-electron chi connectivity index (χ2n) is 4.62. The number of benzene rings is 1. The molecule has 1 aromatic carbocycles. The molecule has 0 heterocycles. The summed E-state index contributed by atoms with van der Waals surface area (Å²) in [6, 6.07) is 8.49. The SMILES string of the molecule is COc1ccc(C2=C[C@@H]3CC[C@@H]2C3)cc1. The Balaban J connectivity index is 1.90. The lowest BCUT2D eigenvalue weighted by molar-refractivity contribution is 0.415. The van der Waals surface area contributed by atoms with E-state index in [1.807, 2.05) is 0 Å². The van der Waals surface area contributed by atoms with Gasteiger partial charge in [0, 0.05) is 0 Å². The van der Waals surface area contributed by atoms with Crippen molar-refractivity contribution in [2.45, 2.75) is 19.3 Å². The molecule has 1 heteroatoms. The van der Waals surface area contributed by atoms with E-state index in [9.17, 15) is 0 Å². The lowest BCUT2D eigenvalue weighted by Gasteiger charge is -2.13. The van der Waals surface area contributed by atoms with Gasteiger partial charge in [-0.05, 0) is 54.4 Å². The molecule has 1 nitrogen and oxygen atoms in total. The molecule has 0 unspecified atom stereocenters. The third-order valence-electron chi connectivity index (χ3n) is 3.75. The first-order valence-electron chi connectivity index (χ1n) is 5.73. The van der Waals surface area contributed by atoms with E-state index in [4.69, 9.17) is 4.74 Å². The summed E-state index contributed by atoms with van der Waals surface area (Å²) < 4.78 is 5.17. The Hall–Kier alpha value is -1.24. The van der Waals surface area contributed by atoms with Crippen molar-refractivity contribution >= 4 is 5.57 Å². The van der Waals surface area contributed by atoms with Gasteiger partial charge in [-0.1, -0.05) is 18.2 Å². The number of rotatable bonds is 2. The average molecular weight is 200 g/mol. The summed E-state index contributed by atoms with van der Waals surface area (Å²) in [4.78, 5) is 0. The topological polar surface area (TPSA) is 9.23 Å². The van der Waals surface area contributed by atoms with Crippen LogP contribution in [0, 0.1) is 11.8 Å². The van der Waals surface area contributed by atoms with Crippen LogP contribution in [0.5, 0.6) is 5.75 Å². The molecular weight excluding hydrogens is 184 g/mol. The largest absolute Gasteiger partial charge is 0.497 e. The highest BCUT2D eigenvalue weighted by atomic mass is 16.5. The van der Waals surface area contributed by atoms with Crippen LogP contribution in [0.25, 0.3) is 5.57 Å². The van der Waals surface area contributed by atoms with E-state index in [2.05, 4.69) is 30.3 Å². The van der Waals surface area contributed by atoms with Crippen LogP contribution in [0.1, 0.15) is 24.8 Å². The molecule has 3 rings (SSSR count). The Labute approximate surface area is 90.8 Å². The first-order valence-corrected chi connectivity index (χ1v) is 5.73. The van der Waals surface area contributed by atoms with Crippen LogP contribution >= 0.6 is 0 Å². The van der Waals surface area contributed by atoms with Crippen LogP contribution in [0.3, 0.4) is 0 Å². The van der Waals surface area contributed by atoms with Gasteiger partial charge in [0.15, 0.2) is 0 Å². The second kappa shape index (κ2) is 3.41. The van der Waals surface area contributed by atoms with Crippen molar-refractivity contribution < 1.29 is 4.74 Å². The van der Waals surface area contributed by atoms with Gasteiger partial charge in [-0.3, -0.25) is 0 Å². The Kier molecular flexibility index (Phi) is 2.05. The smallest absolute Gasteiger partial charge is 0.118 e. The van der Waals surface area contributed by atoms with E-state index in [0.717, 1.165) is 17.6 Å². The molecule has 0 aliphatic heterocycles. The maximum atomic E-state index is 5.17. The van der Waals surface area contributed by atoms with E-state index in [1.54, 1.807) is 12.7 Å². The summed E-state index contributed by atoms with van der Waals surface area (Å²) in [5.74, 6) is 2.65. The van der Waals surface area contributed by atoms with E-state index in [-0.39, 0.29) is 0 Å². The van der Waals surface area contributed by atoms with Crippen molar-refractivity contribution in [2.75, 3.05) is 7.11 Å². The molecule has 0 saturated heterocycles. The standard InChI is InChI=1S/C14H16O/c1-15-13-6-4-11(5-7-13)14-9-10-2-3-12(14)8-10/h4-7,9-10,12H,2-3,8H2,1H3/t10-,12-/m1/s1. The first-order chi connectivity index (χ1) is 7.36. The third-order valence-corrected chi connectivity index (χ3v) is 3.75. The van der Waals surface area contributed by atoms with Crippen molar-refractivity contribution in [1.29, 1.82) is 0 Å². The van der Waals surface area contributed by atoms with Crippen molar-refractivity contribution in [3.63, 3.8) is 0 Å². The van der Waals surface area contributed by atoms with Gasteiger partial charge in [0.2, 0.25) is 0 Å². The molecule has 0 N–H and O–H groups in total. The van der Waals surface area contributed by atoms with Gasteiger partial charge in [0.25, 0.3) is 0 Å². The molecule has 2 aliphatic carbocycles. The zero-order chi connectivity index (χ0) is 10.3. The lowest BCUT2D eigenvalue weighted by Crippen LogP contribution is -1.96. The zero-order valence-corrected chi connectivity index (χ0v) is 9.07. The third kappa shape index (κ3) is 1.46. The molecular formula is C14H16O. The molecule has 78 valence electrons. The van der Waals surface area contributed by atoms with Crippen LogP contribution in [-0.4, -0.2) is 7.11 Å². The summed E-state index contributed by atoms with van der Waals surface area (Å²) in [7, 11) is 1.71. The molecule has 0 spiro atoms. The number of hydrogen-bond donors (Lipinski definition) is 0. The van der Waals surface area contributed by atoms with Crippen molar-refractivity contribution in [3.05, 3.63) is 35.9 Å². The molecule has 0 radical (unpaired) electrons. The number of methoxy groups -OCH3 is 1. The van der Waals surface area contributed by atoms with Gasteiger partial charge in [-0.2, -0.15) is 0 Å². The lowest BCUT2D eigenvalue weighted by atomic mass is 9.92. The second-order valence-corrected chi connectivity index (χ2v) is 4.62. The van der Waals surface area contributed by atoms with Crippen molar-refractivity contribution in [1.82, 2.24) is 0 Å². The number of hydrogen-bond acceptors (Lipinski definition) is 1. The molecule has 15 heavy (non-hydrogen) atoms. The fourth-order valence-electron chi connectivity index (χ4n) is 2.96. The predicted molar refractivity (Wildman–Crippen MR) is 61.8 cm³/mol. The maximum Gasteiger partial charge on any atom is 0.118 e. The molecule has 2 bridgehead atoms. The minimum absolute atomic E-state index is 0.836. The molecule has 0 amide bonds. The first kappa shape index (κ1) is 9.02. The minimum Gasteiger partial charge on any atom is -0.497 e. The molecule has 1 fully saturated rings. The van der Waals surface area contributed by atoms with Crippen LogP contribution in [0.15, 0.2) is 30.3 Å². The van der Waals surface area contributed by atoms with Crippen LogP contribution < -0.4 is 4.74 Å². The summed E-state index contributed by atoms with van der Waals surface area (Å²) in [6.45, 7) is 0. The number of allylic oxidation sites excluding steroid dienone is 2. The number of ether oxygens (including phenoxy) is 1. The average Bonchev–Trinajstić information content (AvgIpc) is 2.91. The molecule has 2 aliphatic rings. The van der Waals surface area contributed by atoms with Crippen LogP contribution in [0.2, 0.25) is 0 Å². The molecule has 0 aromatic heterocycles. The summed E-state index contributed by atoms with van der Waals surface area (Å²) in [5.41, 5.74) is 2.97. The maximum absolute atomic E-state index is 5.17. The molecule has 1 saturated carbocycles. The van der Waals surface area contributed by atoms with E-state index >= 15 is 0 Å². The minimum atomic E-state index is 0.836. The number of fused-ring (bicyclic) bond motifs is 2. The highest BCUT2D eigenvalue weighted by Crippen LogP contribution is 2.47. The van der Waals surface area contributed by atoms with Crippen molar-refractivity contribution in [3.8, 4) is 5.75 Å². The molecule has 2 atom stereocenters. The summed E-state index contributed by atoms with van der Waals surface area (Å²) >= 11 is 0. The summed E-state index contributed by atoms with van der Waals surface area (Å²) in [5, 5.41) is 0. The monoisotopic (exact) mass is 200 g/mol. The van der Waals surface area contributed by atoms with Gasteiger partial charge in [-0.25, -0.2) is 0 Å². The Bertz CT molecular complexity index is 388. The Morgan fingerprint density at radius 1 is 1.13 bits per heavy atom. The van der Waals surface area contributed by atoms with E-state index in [0.29, 0.717) is 0 Å². The highest BCUT2D eigenvalue weighted by Gasteiger charge is 2.32. The van der Waals surface area contributed by atoms with Crippen LogP contribution in [0.4, 0.5) is 0 Å². The van der Waals surface area contributed by atoms with Gasteiger partial charge in [-0.15, -0.1) is 0 Å². The van der Waals surface area contributed by atoms with Gasteiger partial charge in [0.1, 0.15) is 5.75 Å². The Morgan fingerprint density at radius 2 is 1.93 bits per heavy atom. The fraction of sp³-hybridized carbons (Fsp3) is 0.429. The van der Waals surface area contributed by atoms with E-state index in [1.165, 1.54) is 24.8 Å². The molecule has 1 aromatic rings. The Morgan fingerprint density at radius 3 is 2.47 bits per heavy atom. The predicted octanol–water partition coefficient (Wildman–Crippen LogP) is 3.51. The van der Waals surface area contributed by atoms with Gasteiger partial charge >= 0.3 is 0 Å². The summed E-state index contributed by atoms with van der Waals surface area (Å²) in [6.07, 6.45) is 6.67. The zero-order valence-electron chi connectivity index (χ0n) is 9.07. The highest BCUT2D eigenvalue weighted by molar-refractivity contribution is 5.71. The normalized spacial score (nSPS) is 27.9. The van der Waals surface area contributed by atoms with Crippen molar-refractivity contribution in [2.24, 2.45) is 11.8 Å². The fourth-order valence-corrected chi connectivity index (χ4v) is 2.96.